The molecule has 214 valence electrons. The minimum atomic E-state index is -0.922. The first kappa shape index (κ1) is 28.5. The molecule has 2 N–H and O–H groups in total. The monoisotopic (exact) mass is 581 g/mol. The molecule has 1 aromatic heterocycles. The van der Waals surface area contributed by atoms with Gasteiger partial charge in [-0.2, -0.15) is 0 Å². The lowest BCUT2D eigenvalue weighted by Crippen LogP contribution is -2.47. The van der Waals surface area contributed by atoms with Crippen LogP contribution >= 0.6 is 11.6 Å². The first-order chi connectivity index (χ1) is 19.6. The highest BCUT2D eigenvalue weighted by atomic mass is 35.5. The fourth-order valence-electron chi connectivity index (χ4n) is 4.68. The van der Waals surface area contributed by atoms with Crippen molar-refractivity contribution in [3.63, 3.8) is 0 Å². The van der Waals surface area contributed by atoms with Crippen molar-refractivity contribution in [2.45, 2.75) is 51.3 Å². The Hall–Kier alpha value is -3.99. The van der Waals surface area contributed by atoms with Crippen molar-refractivity contribution in [3.05, 3.63) is 83.4 Å². The van der Waals surface area contributed by atoms with Crippen molar-refractivity contribution in [2.24, 2.45) is 0 Å². The van der Waals surface area contributed by atoms with Crippen molar-refractivity contribution in [3.8, 4) is 11.5 Å². The van der Waals surface area contributed by atoms with E-state index in [0.717, 1.165) is 5.39 Å². The van der Waals surface area contributed by atoms with Crippen LogP contribution in [0.5, 0.6) is 11.5 Å². The summed E-state index contributed by atoms with van der Waals surface area (Å²) in [5.41, 5.74) is 2.09. The van der Waals surface area contributed by atoms with Crippen LogP contribution in [0.3, 0.4) is 0 Å². The molecule has 9 nitrogen and oxygen atoms in total. The average molecular weight is 582 g/mol. The Morgan fingerprint density at radius 3 is 2.71 bits per heavy atom. The van der Waals surface area contributed by atoms with Gasteiger partial charge in [0.15, 0.2) is 5.79 Å². The molecule has 11 heteroatoms. The van der Waals surface area contributed by atoms with Gasteiger partial charge in [-0.25, -0.2) is 14.4 Å². The van der Waals surface area contributed by atoms with Crippen molar-refractivity contribution in [1.82, 2.24) is 9.97 Å². The molecule has 0 bridgehead atoms. The Bertz CT molecular complexity index is 1550. The molecule has 0 saturated carbocycles. The zero-order valence-electron chi connectivity index (χ0n) is 22.5. The van der Waals surface area contributed by atoms with Gasteiger partial charge in [-0.3, -0.25) is 4.79 Å². The van der Waals surface area contributed by atoms with Crippen LogP contribution in [0.1, 0.15) is 32.3 Å². The number of anilines is 2. The van der Waals surface area contributed by atoms with E-state index in [4.69, 9.17) is 30.5 Å². The second-order valence-corrected chi connectivity index (χ2v) is 10.5. The largest absolute Gasteiger partial charge is 0.491 e. The summed E-state index contributed by atoms with van der Waals surface area (Å²) in [7, 11) is 0. The predicted octanol–water partition coefficient (Wildman–Crippen LogP) is 6.51. The highest BCUT2D eigenvalue weighted by molar-refractivity contribution is 6.32. The molecule has 1 aliphatic heterocycles. The van der Waals surface area contributed by atoms with Crippen LogP contribution in [0, 0.1) is 5.82 Å². The predicted molar refractivity (Wildman–Crippen MR) is 151 cm³/mol. The van der Waals surface area contributed by atoms with Crippen molar-refractivity contribution < 1.29 is 33.2 Å². The summed E-state index contributed by atoms with van der Waals surface area (Å²) in [6, 6.07) is 16.9. The van der Waals surface area contributed by atoms with Gasteiger partial charge in [0, 0.05) is 17.5 Å². The average Bonchev–Trinajstić information content (AvgIpc) is 2.90. The third-order valence-electron chi connectivity index (χ3n) is 6.35. The first-order valence-corrected chi connectivity index (χ1v) is 13.4. The van der Waals surface area contributed by atoms with Crippen LogP contribution < -0.4 is 14.8 Å². The number of hydrogen-bond donors (Lipinski definition) is 2. The van der Waals surface area contributed by atoms with E-state index in [2.05, 4.69) is 15.3 Å². The van der Waals surface area contributed by atoms with Crippen LogP contribution in [-0.4, -0.2) is 45.6 Å². The number of nitrogens with one attached hydrogen (secondary N) is 1. The minimum Gasteiger partial charge on any atom is -0.491 e. The van der Waals surface area contributed by atoms with E-state index in [1.165, 1.54) is 18.5 Å². The highest BCUT2D eigenvalue weighted by Crippen LogP contribution is 2.33. The molecule has 41 heavy (non-hydrogen) atoms. The second-order valence-electron chi connectivity index (χ2n) is 10.1. The topological polar surface area (TPSA) is 112 Å². The number of rotatable bonds is 10. The maximum Gasteiger partial charge on any atom is 0.305 e. The van der Waals surface area contributed by atoms with Gasteiger partial charge in [-0.05, 0) is 67.9 Å². The first-order valence-electron chi connectivity index (χ1n) is 13.0. The van der Waals surface area contributed by atoms with E-state index in [-0.39, 0.29) is 31.6 Å². The standard InChI is InChI=1S/C30H29ClFN3O6/c1-30(2)40-22(14-28(36)37)12-23(41-30)16-38-21-7-8-26-24(13-21)29(34-17-33-26)35-20-6-9-27(25(31)11-20)39-15-18-4-3-5-19(32)10-18/h3-11,13,17,22-23H,12,14-16H2,1-2H3,(H,36,37)(H,33,34,35)/t22-,23+/m1/s1. The summed E-state index contributed by atoms with van der Waals surface area (Å²) >= 11 is 6.46. The quantitative estimate of drug-likeness (QED) is 0.216. The van der Waals surface area contributed by atoms with Gasteiger partial charge in [0.05, 0.1) is 29.2 Å². The van der Waals surface area contributed by atoms with Gasteiger partial charge in [0.25, 0.3) is 0 Å². The Morgan fingerprint density at radius 1 is 1.10 bits per heavy atom. The van der Waals surface area contributed by atoms with E-state index in [0.29, 0.717) is 45.5 Å². The van der Waals surface area contributed by atoms with Gasteiger partial charge in [0.1, 0.15) is 42.7 Å². The summed E-state index contributed by atoms with van der Waals surface area (Å²) in [5, 5.41) is 13.6. The molecule has 2 heterocycles. The lowest BCUT2D eigenvalue weighted by Gasteiger charge is -2.40. The van der Waals surface area contributed by atoms with E-state index in [1.54, 1.807) is 50.2 Å². The third-order valence-corrected chi connectivity index (χ3v) is 6.65. The third kappa shape index (κ3) is 7.60. The van der Waals surface area contributed by atoms with Gasteiger partial charge in [0.2, 0.25) is 0 Å². The van der Waals surface area contributed by atoms with E-state index in [1.807, 2.05) is 12.1 Å². The number of ether oxygens (including phenoxy) is 4. The Balaban J connectivity index is 1.26. The van der Waals surface area contributed by atoms with Crippen LogP contribution in [0.4, 0.5) is 15.9 Å². The van der Waals surface area contributed by atoms with Crippen LogP contribution in [-0.2, 0) is 20.9 Å². The molecule has 3 aromatic carbocycles. The summed E-state index contributed by atoms with van der Waals surface area (Å²) in [6.45, 7) is 3.92. The number of carbonyl (C=O) groups is 1. The number of hydrogen-bond acceptors (Lipinski definition) is 8. The molecule has 0 unspecified atom stereocenters. The number of nitrogens with zero attached hydrogens (tertiary/aromatic N) is 2. The Kier molecular flexibility index (Phi) is 8.53. The number of carboxylic acids is 1. The van der Waals surface area contributed by atoms with E-state index >= 15 is 0 Å². The SMILES string of the molecule is CC1(C)O[C@H](COc2ccc3ncnc(Nc4ccc(OCc5cccc(F)c5)c(Cl)c4)c3c2)C[C@H](CC(=O)O)O1. The molecule has 2 atom stereocenters. The zero-order chi connectivity index (χ0) is 29.0. The molecule has 4 aromatic rings. The van der Waals surface area contributed by atoms with Crippen molar-refractivity contribution >= 4 is 40.0 Å². The van der Waals surface area contributed by atoms with Crippen molar-refractivity contribution in [2.75, 3.05) is 11.9 Å². The summed E-state index contributed by atoms with van der Waals surface area (Å²) in [6.07, 6.45) is 0.962. The van der Waals surface area contributed by atoms with E-state index in [9.17, 15) is 14.3 Å². The lowest BCUT2D eigenvalue weighted by molar-refractivity contribution is -0.302. The second kappa shape index (κ2) is 12.3. The molecule has 0 spiro atoms. The van der Waals surface area contributed by atoms with Gasteiger partial charge < -0.3 is 29.4 Å². The van der Waals surface area contributed by atoms with Gasteiger partial charge >= 0.3 is 5.97 Å². The Labute approximate surface area is 241 Å². The lowest BCUT2D eigenvalue weighted by atomic mass is 10.1. The fraction of sp³-hybridized carbons (Fsp3) is 0.300. The van der Waals surface area contributed by atoms with Crippen LogP contribution in [0.15, 0.2) is 67.0 Å². The van der Waals surface area contributed by atoms with Gasteiger partial charge in [-0.1, -0.05) is 23.7 Å². The molecule has 1 aliphatic rings. The molecule has 0 aliphatic carbocycles. The molecule has 5 rings (SSSR count). The minimum absolute atomic E-state index is 0.101. The molecule has 0 radical (unpaired) electrons. The maximum absolute atomic E-state index is 13.4. The number of halogens is 2. The smallest absolute Gasteiger partial charge is 0.305 e. The highest BCUT2D eigenvalue weighted by Gasteiger charge is 2.36. The Morgan fingerprint density at radius 2 is 1.93 bits per heavy atom. The maximum atomic E-state index is 13.4. The molecular weight excluding hydrogens is 553 g/mol. The number of aromatic nitrogens is 2. The fourth-order valence-corrected chi connectivity index (χ4v) is 4.91. The molecular formula is C30H29ClFN3O6. The van der Waals surface area contributed by atoms with E-state index < -0.39 is 17.9 Å². The van der Waals surface area contributed by atoms with Crippen LogP contribution in [0.2, 0.25) is 5.02 Å². The number of carboxylic acid groups (broad SMARTS) is 1. The number of aliphatic carboxylic acids is 1. The van der Waals surface area contributed by atoms with Crippen molar-refractivity contribution in [1.29, 1.82) is 0 Å². The normalized spacial score (nSPS) is 18.1. The van der Waals surface area contributed by atoms with Crippen LogP contribution in [0.25, 0.3) is 10.9 Å². The molecule has 1 fully saturated rings. The number of benzene rings is 3. The molecule has 0 amide bonds. The summed E-state index contributed by atoms with van der Waals surface area (Å²) in [4.78, 5) is 19.9. The summed E-state index contributed by atoms with van der Waals surface area (Å²) < 4.78 is 36.9. The number of fused-ring (bicyclic) bond motifs is 1. The molecule has 1 saturated heterocycles. The zero-order valence-corrected chi connectivity index (χ0v) is 23.2. The summed E-state index contributed by atoms with van der Waals surface area (Å²) in [5.74, 6) is -0.565. The van der Waals surface area contributed by atoms with Gasteiger partial charge in [-0.15, -0.1) is 0 Å².